The summed E-state index contributed by atoms with van der Waals surface area (Å²) in [7, 11) is 1.52. The first kappa shape index (κ1) is 5.14. The highest BCUT2D eigenvalue weighted by Gasteiger charge is 1.59. The van der Waals surface area contributed by atoms with E-state index in [4.69, 9.17) is 0 Å². The molecule has 0 saturated heterocycles. The molecule has 0 rings (SSSR count). The first-order valence-electron chi connectivity index (χ1n) is 1.41. The van der Waals surface area contributed by atoms with E-state index >= 15 is 0 Å². The predicted octanol–water partition coefficient (Wildman–Crippen LogP) is -0.183. The van der Waals surface area contributed by atoms with E-state index in [1.807, 2.05) is 0 Å². The minimum absolute atomic E-state index is 0.312. The number of rotatable bonds is 2. The van der Waals surface area contributed by atoms with Gasteiger partial charge in [-0.2, -0.15) is 0 Å². The van der Waals surface area contributed by atoms with Crippen molar-refractivity contribution in [2.24, 2.45) is 4.99 Å². The van der Waals surface area contributed by atoms with Crippen molar-refractivity contribution < 1.29 is 9.53 Å². The van der Waals surface area contributed by atoms with Crippen molar-refractivity contribution in [3.63, 3.8) is 0 Å². The summed E-state index contributed by atoms with van der Waals surface area (Å²) in [6.07, 6.45) is 1.06. The standard InChI is InChI=1S/C3H5NO2/c1-4-2-6-3-5/h2-3H,1H3/b4-2+. The number of carbonyl (C=O) groups excluding carboxylic acids is 1. The van der Waals surface area contributed by atoms with Crippen LogP contribution >= 0.6 is 0 Å². The minimum Gasteiger partial charge on any atom is -0.417 e. The van der Waals surface area contributed by atoms with E-state index in [9.17, 15) is 4.79 Å². The second-order valence-electron chi connectivity index (χ2n) is 0.596. The fourth-order valence-electron chi connectivity index (χ4n) is 0.0857. The fourth-order valence-corrected chi connectivity index (χ4v) is 0.0857. The lowest BCUT2D eigenvalue weighted by atomic mass is 11.3. The molecule has 6 heavy (non-hydrogen) atoms. The van der Waals surface area contributed by atoms with Crippen LogP contribution in [0.15, 0.2) is 4.99 Å². The molecular weight excluding hydrogens is 82.0 g/mol. The average Bonchev–Trinajstić information content (AvgIpc) is 1.61. The van der Waals surface area contributed by atoms with Crippen LogP contribution < -0.4 is 0 Å². The predicted molar refractivity (Wildman–Crippen MR) is 21.6 cm³/mol. The van der Waals surface area contributed by atoms with Gasteiger partial charge in [-0.1, -0.05) is 0 Å². The molecule has 0 bridgehead atoms. The highest BCUT2D eigenvalue weighted by Crippen LogP contribution is 1.51. The molecule has 0 aromatic heterocycles. The molecule has 0 aromatic carbocycles. The van der Waals surface area contributed by atoms with Gasteiger partial charge in [0, 0.05) is 7.05 Å². The van der Waals surface area contributed by atoms with Gasteiger partial charge in [-0.05, 0) is 0 Å². The number of hydrogen-bond acceptors (Lipinski definition) is 3. The Morgan fingerprint density at radius 1 is 1.83 bits per heavy atom. The molecule has 0 fully saturated rings. The quantitative estimate of drug-likeness (QED) is 0.266. The first-order valence-corrected chi connectivity index (χ1v) is 1.41. The van der Waals surface area contributed by atoms with E-state index in [1.54, 1.807) is 0 Å². The lowest BCUT2D eigenvalue weighted by Gasteiger charge is -1.74. The van der Waals surface area contributed by atoms with Crippen LogP contribution in [-0.4, -0.2) is 19.9 Å². The second kappa shape index (κ2) is 4.14. The summed E-state index contributed by atoms with van der Waals surface area (Å²) < 4.78 is 4.01. The molecule has 0 aromatic rings. The maximum atomic E-state index is 9.25. The van der Waals surface area contributed by atoms with E-state index < -0.39 is 0 Å². The molecule has 0 saturated carbocycles. The maximum absolute atomic E-state index is 9.25. The zero-order chi connectivity index (χ0) is 4.83. The van der Waals surface area contributed by atoms with Crippen LogP contribution in [0.5, 0.6) is 0 Å². The van der Waals surface area contributed by atoms with Crippen molar-refractivity contribution in [1.82, 2.24) is 0 Å². The third-order valence-electron chi connectivity index (χ3n) is 0.222. The monoisotopic (exact) mass is 87.0 g/mol. The summed E-state index contributed by atoms with van der Waals surface area (Å²) in [4.78, 5) is 12.6. The van der Waals surface area contributed by atoms with Crippen molar-refractivity contribution in [2.75, 3.05) is 7.05 Å². The Hall–Kier alpha value is -0.860. The smallest absolute Gasteiger partial charge is 0.299 e. The Bertz CT molecular complexity index is 59.8. The van der Waals surface area contributed by atoms with E-state index in [2.05, 4.69) is 9.73 Å². The number of ether oxygens (including phenoxy) is 1. The summed E-state index contributed by atoms with van der Waals surface area (Å²) in [6.45, 7) is 0.312. The van der Waals surface area contributed by atoms with Gasteiger partial charge in [0.2, 0.25) is 0 Å². The van der Waals surface area contributed by atoms with Gasteiger partial charge in [0.1, 0.15) is 0 Å². The van der Waals surface area contributed by atoms with Gasteiger partial charge in [-0.25, -0.2) is 0 Å². The lowest BCUT2D eigenvalue weighted by molar-refractivity contribution is -0.121. The normalized spacial score (nSPS) is 8.83. The van der Waals surface area contributed by atoms with Gasteiger partial charge < -0.3 is 4.74 Å². The van der Waals surface area contributed by atoms with E-state index in [0.29, 0.717) is 6.47 Å². The molecule has 3 heteroatoms. The van der Waals surface area contributed by atoms with Crippen LogP contribution in [0.25, 0.3) is 0 Å². The molecular formula is C3H5NO2. The van der Waals surface area contributed by atoms with Crippen molar-refractivity contribution in [1.29, 1.82) is 0 Å². The molecule has 0 atom stereocenters. The lowest BCUT2D eigenvalue weighted by Crippen LogP contribution is -1.78. The Morgan fingerprint density at radius 3 is 2.67 bits per heavy atom. The molecule has 3 nitrogen and oxygen atoms in total. The average molecular weight is 87.1 g/mol. The van der Waals surface area contributed by atoms with Crippen molar-refractivity contribution >= 4 is 12.9 Å². The van der Waals surface area contributed by atoms with Crippen LogP contribution in [0.3, 0.4) is 0 Å². The zero-order valence-corrected chi connectivity index (χ0v) is 3.42. The molecule has 0 spiro atoms. The van der Waals surface area contributed by atoms with Crippen LogP contribution in [-0.2, 0) is 9.53 Å². The fraction of sp³-hybridized carbons (Fsp3) is 0.333. The van der Waals surface area contributed by atoms with Gasteiger partial charge in [0.15, 0.2) is 6.40 Å². The van der Waals surface area contributed by atoms with Crippen LogP contribution in [0.2, 0.25) is 0 Å². The van der Waals surface area contributed by atoms with Crippen molar-refractivity contribution in [3.8, 4) is 0 Å². The van der Waals surface area contributed by atoms with Gasteiger partial charge in [0.25, 0.3) is 6.47 Å². The molecule has 0 unspecified atom stereocenters. The van der Waals surface area contributed by atoms with E-state index in [0.717, 1.165) is 6.40 Å². The summed E-state index contributed by atoms with van der Waals surface area (Å²) >= 11 is 0. The summed E-state index contributed by atoms with van der Waals surface area (Å²) in [5, 5.41) is 0. The summed E-state index contributed by atoms with van der Waals surface area (Å²) in [6, 6.07) is 0. The largest absolute Gasteiger partial charge is 0.417 e. The van der Waals surface area contributed by atoms with E-state index in [-0.39, 0.29) is 0 Å². The second-order valence-corrected chi connectivity index (χ2v) is 0.596. The van der Waals surface area contributed by atoms with Crippen LogP contribution in [0.1, 0.15) is 0 Å². The highest BCUT2D eigenvalue weighted by molar-refractivity contribution is 5.59. The van der Waals surface area contributed by atoms with Crippen molar-refractivity contribution in [3.05, 3.63) is 0 Å². The Labute approximate surface area is 35.6 Å². The molecule has 0 aliphatic heterocycles. The topological polar surface area (TPSA) is 38.7 Å². The van der Waals surface area contributed by atoms with Crippen LogP contribution in [0.4, 0.5) is 0 Å². The zero-order valence-electron chi connectivity index (χ0n) is 3.42. The van der Waals surface area contributed by atoms with Crippen molar-refractivity contribution in [2.45, 2.75) is 0 Å². The van der Waals surface area contributed by atoms with Gasteiger partial charge >= 0.3 is 0 Å². The number of carbonyl (C=O) groups is 1. The van der Waals surface area contributed by atoms with E-state index in [1.165, 1.54) is 7.05 Å². The molecule has 0 heterocycles. The number of nitrogens with zero attached hydrogens (tertiary/aromatic N) is 1. The van der Waals surface area contributed by atoms with Gasteiger partial charge in [-0.3, -0.25) is 9.79 Å². The Balaban J connectivity index is 2.85. The SMILES string of the molecule is C/N=C/OC=O. The highest BCUT2D eigenvalue weighted by atomic mass is 16.5. The molecule has 0 radical (unpaired) electrons. The summed E-state index contributed by atoms with van der Waals surface area (Å²) in [5.74, 6) is 0. The molecule has 0 aliphatic carbocycles. The maximum Gasteiger partial charge on any atom is 0.299 e. The number of aliphatic imine (C=N–C) groups is 1. The Morgan fingerprint density at radius 2 is 2.50 bits per heavy atom. The van der Waals surface area contributed by atoms with Gasteiger partial charge in [0.05, 0.1) is 0 Å². The minimum atomic E-state index is 0.312. The first-order chi connectivity index (χ1) is 2.91. The third-order valence-corrected chi connectivity index (χ3v) is 0.222. The Kier molecular flexibility index (Phi) is 3.55. The van der Waals surface area contributed by atoms with Gasteiger partial charge in [-0.15, -0.1) is 0 Å². The summed E-state index contributed by atoms with van der Waals surface area (Å²) in [5.41, 5.74) is 0. The molecule has 0 amide bonds. The molecule has 0 aliphatic rings. The van der Waals surface area contributed by atoms with Crippen LogP contribution in [0, 0.1) is 0 Å². The third kappa shape index (κ3) is 3.14. The molecule has 34 valence electrons. The molecule has 0 N–H and O–H groups in total. The number of hydrogen-bond donors (Lipinski definition) is 0.